The summed E-state index contributed by atoms with van der Waals surface area (Å²) >= 11 is 0. The summed E-state index contributed by atoms with van der Waals surface area (Å²) in [5.74, 6) is 0.294. The van der Waals surface area contributed by atoms with E-state index in [4.69, 9.17) is 4.74 Å². The van der Waals surface area contributed by atoms with Gasteiger partial charge in [-0.1, -0.05) is 36.4 Å². The second-order valence-electron chi connectivity index (χ2n) is 7.47. The SMILES string of the molecule is COc1ccc(S(=O)(=O)N(CC(=O)N2c3ccccc3C[C@@H]2C)c2ccccc2)cc1. The molecule has 0 bridgehead atoms. The smallest absolute Gasteiger partial charge is 0.264 e. The van der Waals surface area contributed by atoms with Gasteiger partial charge in [-0.25, -0.2) is 8.42 Å². The number of hydrogen-bond donors (Lipinski definition) is 0. The van der Waals surface area contributed by atoms with Crippen molar-refractivity contribution in [3.05, 3.63) is 84.4 Å². The Hall–Kier alpha value is -3.32. The Labute approximate surface area is 182 Å². The van der Waals surface area contributed by atoms with Crippen molar-refractivity contribution in [3.63, 3.8) is 0 Å². The monoisotopic (exact) mass is 436 g/mol. The molecule has 1 atom stereocenters. The average molecular weight is 437 g/mol. The molecule has 1 aliphatic heterocycles. The summed E-state index contributed by atoms with van der Waals surface area (Å²) in [6.07, 6.45) is 0.748. The number of hydrogen-bond acceptors (Lipinski definition) is 4. The first-order chi connectivity index (χ1) is 14.9. The van der Waals surface area contributed by atoms with Crippen LogP contribution in [0.15, 0.2) is 83.8 Å². The van der Waals surface area contributed by atoms with Crippen molar-refractivity contribution >= 4 is 27.3 Å². The number of sulfonamides is 1. The fourth-order valence-corrected chi connectivity index (χ4v) is 5.34. The molecule has 160 valence electrons. The molecule has 0 fully saturated rings. The van der Waals surface area contributed by atoms with Crippen molar-refractivity contribution in [2.45, 2.75) is 24.3 Å². The molecule has 1 amide bonds. The van der Waals surface area contributed by atoms with E-state index in [0.29, 0.717) is 11.4 Å². The Kier molecular flexibility index (Phi) is 5.69. The van der Waals surface area contributed by atoms with E-state index >= 15 is 0 Å². The lowest BCUT2D eigenvalue weighted by Crippen LogP contribution is -2.45. The van der Waals surface area contributed by atoms with E-state index in [-0.39, 0.29) is 23.4 Å². The van der Waals surface area contributed by atoms with Crippen molar-refractivity contribution in [1.82, 2.24) is 0 Å². The first-order valence-corrected chi connectivity index (χ1v) is 11.5. The number of amides is 1. The second-order valence-corrected chi connectivity index (χ2v) is 9.33. The lowest BCUT2D eigenvalue weighted by molar-refractivity contribution is -0.117. The van der Waals surface area contributed by atoms with E-state index in [1.807, 2.05) is 37.3 Å². The maximum absolute atomic E-state index is 13.5. The Morgan fingerprint density at radius 3 is 2.32 bits per heavy atom. The van der Waals surface area contributed by atoms with Crippen molar-refractivity contribution in [3.8, 4) is 5.75 Å². The highest BCUT2D eigenvalue weighted by Crippen LogP contribution is 2.33. The van der Waals surface area contributed by atoms with Crippen molar-refractivity contribution < 1.29 is 17.9 Å². The van der Waals surface area contributed by atoms with Gasteiger partial charge >= 0.3 is 0 Å². The lowest BCUT2D eigenvalue weighted by atomic mass is 10.1. The molecule has 1 aliphatic rings. The first-order valence-electron chi connectivity index (χ1n) is 10.0. The predicted molar refractivity (Wildman–Crippen MR) is 121 cm³/mol. The average Bonchev–Trinajstić information content (AvgIpc) is 3.13. The van der Waals surface area contributed by atoms with E-state index in [9.17, 15) is 13.2 Å². The predicted octanol–water partition coefficient (Wildman–Crippen LogP) is 3.87. The van der Waals surface area contributed by atoms with Gasteiger partial charge in [0.15, 0.2) is 0 Å². The minimum absolute atomic E-state index is 0.0359. The van der Waals surface area contributed by atoms with Crippen molar-refractivity contribution in [2.24, 2.45) is 0 Å². The molecule has 7 heteroatoms. The van der Waals surface area contributed by atoms with Gasteiger partial charge in [-0.3, -0.25) is 9.10 Å². The van der Waals surface area contributed by atoms with Crippen molar-refractivity contribution in [2.75, 3.05) is 22.9 Å². The zero-order valence-electron chi connectivity index (χ0n) is 17.4. The van der Waals surface area contributed by atoms with Gasteiger partial charge in [0.2, 0.25) is 5.91 Å². The molecule has 0 unspecified atom stereocenters. The highest BCUT2D eigenvalue weighted by Gasteiger charge is 2.34. The Bertz CT molecular complexity index is 1180. The number of methoxy groups -OCH3 is 1. The largest absolute Gasteiger partial charge is 0.497 e. The van der Waals surface area contributed by atoms with Crippen molar-refractivity contribution in [1.29, 1.82) is 0 Å². The zero-order valence-corrected chi connectivity index (χ0v) is 18.2. The van der Waals surface area contributed by atoms with Crippen LogP contribution in [0.4, 0.5) is 11.4 Å². The summed E-state index contributed by atoms with van der Waals surface area (Å²) in [7, 11) is -2.45. The second kappa shape index (κ2) is 8.43. The van der Waals surface area contributed by atoms with Gasteiger partial charge in [-0.2, -0.15) is 0 Å². The fraction of sp³-hybridized carbons (Fsp3) is 0.208. The van der Waals surface area contributed by atoms with Gasteiger partial charge in [0, 0.05) is 11.7 Å². The van der Waals surface area contributed by atoms with Gasteiger partial charge < -0.3 is 9.64 Å². The molecular weight excluding hydrogens is 412 g/mol. The van der Waals surface area contributed by atoms with Crippen LogP contribution >= 0.6 is 0 Å². The third kappa shape index (κ3) is 4.01. The van der Waals surface area contributed by atoms with Gasteiger partial charge in [-0.05, 0) is 61.4 Å². The zero-order chi connectivity index (χ0) is 22.0. The maximum Gasteiger partial charge on any atom is 0.264 e. The van der Waals surface area contributed by atoms with Crippen LogP contribution < -0.4 is 13.9 Å². The van der Waals surface area contributed by atoms with E-state index in [2.05, 4.69) is 0 Å². The Morgan fingerprint density at radius 2 is 1.65 bits per heavy atom. The molecule has 6 nitrogen and oxygen atoms in total. The van der Waals surface area contributed by atoms with Crippen LogP contribution in [0, 0.1) is 0 Å². The maximum atomic E-state index is 13.5. The first kappa shape index (κ1) is 20.9. The van der Waals surface area contributed by atoms with Crippen LogP contribution in [-0.4, -0.2) is 34.0 Å². The lowest BCUT2D eigenvalue weighted by Gasteiger charge is -2.29. The van der Waals surface area contributed by atoms with E-state index in [1.54, 1.807) is 41.3 Å². The Morgan fingerprint density at radius 1 is 1.00 bits per heavy atom. The van der Waals surface area contributed by atoms with E-state index < -0.39 is 10.0 Å². The van der Waals surface area contributed by atoms with E-state index in [1.165, 1.54) is 23.5 Å². The molecule has 4 rings (SSSR count). The number of nitrogens with zero attached hydrogens (tertiary/aromatic N) is 2. The summed E-state index contributed by atoms with van der Waals surface area (Å²) in [5, 5.41) is 0. The standard InChI is InChI=1S/C24H24N2O4S/c1-18-16-19-8-6-7-11-23(19)26(18)24(27)17-25(20-9-4-3-5-10-20)31(28,29)22-14-12-21(30-2)13-15-22/h3-15,18H,16-17H2,1-2H3/t18-/m0/s1. The highest BCUT2D eigenvalue weighted by atomic mass is 32.2. The number of rotatable bonds is 6. The fourth-order valence-electron chi connectivity index (χ4n) is 3.93. The number of anilines is 2. The van der Waals surface area contributed by atoms with Crippen LogP contribution in [0.2, 0.25) is 0 Å². The van der Waals surface area contributed by atoms with Gasteiger partial charge in [0.1, 0.15) is 12.3 Å². The summed E-state index contributed by atoms with van der Waals surface area (Å²) in [4.78, 5) is 15.2. The van der Waals surface area contributed by atoms with Gasteiger partial charge in [-0.15, -0.1) is 0 Å². The molecule has 3 aromatic rings. The normalized spacial score (nSPS) is 15.4. The Balaban J connectivity index is 1.70. The molecule has 3 aromatic carbocycles. The molecule has 0 radical (unpaired) electrons. The quantitative estimate of drug-likeness (QED) is 0.588. The number of ether oxygens (including phenoxy) is 1. The molecule has 0 aliphatic carbocycles. The van der Waals surface area contributed by atoms with Crippen LogP contribution in [0.3, 0.4) is 0 Å². The van der Waals surface area contributed by atoms with Crippen LogP contribution in [0.25, 0.3) is 0 Å². The summed E-state index contributed by atoms with van der Waals surface area (Å²) in [5.41, 5.74) is 2.37. The van der Waals surface area contributed by atoms with Gasteiger partial charge in [0.05, 0.1) is 17.7 Å². The van der Waals surface area contributed by atoms with Gasteiger partial charge in [0.25, 0.3) is 10.0 Å². The third-order valence-corrected chi connectivity index (χ3v) is 7.23. The molecule has 1 heterocycles. The summed E-state index contributed by atoms with van der Waals surface area (Å²) < 4.78 is 33.4. The molecule has 0 N–H and O–H groups in total. The van der Waals surface area contributed by atoms with Crippen LogP contribution in [0.1, 0.15) is 12.5 Å². The third-order valence-electron chi connectivity index (χ3n) is 5.45. The minimum atomic E-state index is -3.97. The number of para-hydroxylation sites is 2. The molecule has 0 saturated carbocycles. The number of fused-ring (bicyclic) bond motifs is 1. The molecule has 0 aromatic heterocycles. The topological polar surface area (TPSA) is 66.9 Å². The summed E-state index contributed by atoms with van der Waals surface area (Å²) in [6.45, 7) is 1.68. The molecule has 31 heavy (non-hydrogen) atoms. The van der Waals surface area contributed by atoms with Crippen LogP contribution in [-0.2, 0) is 21.2 Å². The summed E-state index contributed by atoms with van der Waals surface area (Å²) in [6, 6.07) is 22.6. The molecular formula is C24H24N2O4S. The number of carbonyl (C=O) groups is 1. The molecule has 0 spiro atoms. The number of carbonyl (C=O) groups excluding carboxylic acids is 1. The number of benzene rings is 3. The highest BCUT2D eigenvalue weighted by molar-refractivity contribution is 7.92. The van der Waals surface area contributed by atoms with E-state index in [0.717, 1.165) is 17.7 Å². The van der Waals surface area contributed by atoms with Crippen LogP contribution in [0.5, 0.6) is 5.75 Å². The molecule has 0 saturated heterocycles. The minimum Gasteiger partial charge on any atom is -0.497 e.